The number of nitrogens with one attached hydrogen (secondary N) is 1. The third-order valence-electron chi connectivity index (χ3n) is 7.53. The van der Waals surface area contributed by atoms with Gasteiger partial charge in [0.1, 0.15) is 35.7 Å². The summed E-state index contributed by atoms with van der Waals surface area (Å²) in [7, 11) is 3.26. The molecule has 2 N–H and O–H groups in total. The van der Waals surface area contributed by atoms with Crippen molar-refractivity contribution in [2.75, 3.05) is 58.5 Å². The van der Waals surface area contributed by atoms with E-state index in [4.69, 9.17) is 23.7 Å². The van der Waals surface area contributed by atoms with Gasteiger partial charge in [0.2, 0.25) is 0 Å². The first-order chi connectivity index (χ1) is 20.1. The fourth-order valence-corrected chi connectivity index (χ4v) is 5.45. The van der Waals surface area contributed by atoms with Crippen LogP contribution < -0.4 is 24.4 Å². The lowest BCUT2D eigenvalue weighted by Crippen LogP contribution is -2.49. The Bertz CT molecular complexity index is 1340. The summed E-state index contributed by atoms with van der Waals surface area (Å²) < 4.78 is 28.7. The first-order valence-corrected chi connectivity index (χ1v) is 14.0. The Morgan fingerprint density at radius 3 is 2.66 bits per heavy atom. The predicted octanol–water partition coefficient (Wildman–Crippen LogP) is 4.23. The normalized spacial score (nSPS) is 20.0. The van der Waals surface area contributed by atoms with Crippen molar-refractivity contribution in [2.45, 2.75) is 31.2 Å². The van der Waals surface area contributed by atoms with Crippen molar-refractivity contribution in [1.82, 2.24) is 5.32 Å². The monoisotopic (exact) mass is 559 g/mol. The number of β-amino-alcohol motifs (C(OH)–C–C–N with tert-alkyl or cyclic N) is 1. The average Bonchev–Trinajstić information content (AvgIpc) is 3.00. The van der Waals surface area contributed by atoms with Crippen LogP contribution in [0.4, 0.5) is 5.69 Å². The van der Waals surface area contributed by atoms with E-state index in [0.29, 0.717) is 49.1 Å². The molecule has 9 heteroatoms. The standard InChI is InChI=1S/C32H37N3O6/c1-37-14-3-12-35-13-15-39-30-10-4-22(16-27(30)35)21-40-31-20-34-19-28(36)32(31)23-5-7-25(8-6-23)41-26-9-11-29(38-2)24(17-26)18-33/h4-11,16-17,28,31-32,34,36H,3,12-15,19-21H2,1-2H3. The summed E-state index contributed by atoms with van der Waals surface area (Å²) in [5.41, 5.74) is 3.53. The van der Waals surface area contributed by atoms with Gasteiger partial charge in [0.05, 0.1) is 43.7 Å². The fraction of sp³-hybridized carbons (Fsp3) is 0.406. The van der Waals surface area contributed by atoms with Crippen LogP contribution in [0.1, 0.15) is 29.0 Å². The molecule has 1 saturated heterocycles. The molecule has 2 aliphatic heterocycles. The van der Waals surface area contributed by atoms with Crippen LogP contribution >= 0.6 is 0 Å². The minimum atomic E-state index is -0.589. The van der Waals surface area contributed by atoms with Crippen molar-refractivity contribution in [2.24, 2.45) is 0 Å². The average molecular weight is 560 g/mol. The lowest BCUT2D eigenvalue weighted by atomic mass is 9.85. The quantitative estimate of drug-likeness (QED) is 0.334. The molecule has 0 spiro atoms. The highest BCUT2D eigenvalue weighted by Gasteiger charge is 2.34. The molecule has 0 amide bonds. The first-order valence-electron chi connectivity index (χ1n) is 14.0. The fourth-order valence-electron chi connectivity index (χ4n) is 5.45. The highest BCUT2D eigenvalue weighted by Crippen LogP contribution is 2.35. The number of benzene rings is 3. The number of hydrogen-bond acceptors (Lipinski definition) is 9. The van der Waals surface area contributed by atoms with Crippen molar-refractivity contribution in [3.8, 4) is 29.1 Å². The van der Waals surface area contributed by atoms with E-state index in [1.54, 1.807) is 25.3 Å². The number of aliphatic hydroxyl groups excluding tert-OH is 1. The molecule has 3 aromatic carbocycles. The smallest absolute Gasteiger partial charge is 0.142 e. The number of rotatable bonds is 11. The molecular formula is C32H37N3O6. The Hall–Kier alpha value is -3.81. The van der Waals surface area contributed by atoms with Crippen LogP contribution in [-0.2, 0) is 16.1 Å². The van der Waals surface area contributed by atoms with Crippen LogP contribution in [0, 0.1) is 11.3 Å². The third kappa shape index (κ3) is 6.92. The zero-order valence-electron chi connectivity index (χ0n) is 23.5. The number of methoxy groups -OCH3 is 2. The van der Waals surface area contributed by atoms with E-state index in [9.17, 15) is 10.4 Å². The van der Waals surface area contributed by atoms with Gasteiger partial charge in [-0.25, -0.2) is 0 Å². The molecule has 0 bridgehead atoms. The minimum Gasteiger partial charge on any atom is -0.495 e. The molecule has 0 radical (unpaired) electrons. The number of hydrogen-bond donors (Lipinski definition) is 2. The second-order valence-electron chi connectivity index (χ2n) is 10.2. The summed E-state index contributed by atoms with van der Waals surface area (Å²) in [4.78, 5) is 2.34. The molecule has 216 valence electrons. The minimum absolute atomic E-state index is 0.192. The summed E-state index contributed by atoms with van der Waals surface area (Å²) in [5, 5.41) is 23.6. The van der Waals surface area contributed by atoms with Crippen LogP contribution in [0.25, 0.3) is 0 Å². The van der Waals surface area contributed by atoms with Crippen molar-refractivity contribution in [3.63, 3.8) is 0 Å². The first kappa shape index (κ1) is 28.7. The van der Waals surface area contributed by atoms with E-state index in [-0.39, 0.29) is 12.0 Å². The Labute approximate surface area is 241 Å². The molecule has 9 nitrogen and oxygen atoms in total. The van der Waals surface area contributed by atoms with Crippen LogP contribution in [0.2, 0.25) is 0 Å². The van der Waals surface area contributed by atoms with E-state index in [1.807, 2.05) is 36.4 Å². The van der Waals surface area contributed by atoms with Gasteiger partial charge in [-0.3, -0.25) is 0 Å². The van der Waals surface area contributed by atoms with Crippen LogP contribution in [-0.4, -0.2) is 70.9 Å². The molecular weight excluding hydrogens is 522 g/mol. The zero-order chi connectivity index (χ0) is 28.6. The molecule has 3 unspecified atom stereocenters. The van der Waals surface area contributed by atoms with E-state index >= 15 is 0 Å². The maximum Gasteiger partial charge on any atom is 0.142 e. The molecule has 0 saturated carbocycles. The summed E-state index contributed by atoms with van der Waals surface area (Å²) >= 11 is 0. The highest BCUT2D eigenvalue weighted by atomic mass is 16.5. The number of piperidine rings is 1. The predicted molar refractivity (Wildman–Crippen MR) is 155 cm³/mol. The van der Waals surface area contributed by atoms with Gasteiger partial charge in [0.25, 0.3) is 0 Å². The van der Waals surface area contributed by atoms with Crippen molar-refractivity contribution in [1.29, 1.82) is 5.26 Å². The lowest BCUT2D eigenvalue weighted by Gasteiger charge is -2.36. The Morgan fingerprint density at radius 2 is 1.88 bits per heavy atom. The second-order valence-corrected chi connectivity index (χ2v) is 10.2. The molecule has 0 aromatic heterocycles. The number of fused-ring (bicyclic) bond motifs is 1. The van der Waals surface area contributed by atoms with E-state index in [1.165, 1.54) is 7.11 Å². The Morgan fingerprint density at radius 1 is 1.05 bits per heavy atom. The van der Waals surface area contributed by atoms with Crippen LogP contribution in [0.15, 0.2) is 60.7 Å². The Kier molecular flexibility index (Phi) is 9.59. The summed E-state index contributed by atoms with van der Waals surface area (Å²) in [5.74, 6) is 2.39. The van der Waals surface area contributed by atoms with Gasteiger partial charge in [-0.15, -0.1) is 0 Å². The molecule has 0 aliphatic carbocycles. The van der Waals surface area contributed by atoms with E-state index in [0.717, 1.165) is 48.7 Å². The van der Waals surface area contributed by atoms with E-state index < -0.39 is 6.10 Å². The van der Waals surface area contributed by atoms with Gasteiger partial charge in [-0.05, 0) is 53.9 Å². The topological polar surface area (TPSA) is 105 Å². The maximum atomic E-state index is 10.9. The van der Waals surface area contributed by atoms with E-state index in [2.05, 4.69) is 22.4 Å². The molecule has 3 aromatic rings. The van der Waals surface area contributed by atoms with Gasteiger partial charge < -0.3 is 39.0 Å². The maximum absolute atomic E-state index is 10.9. The second kappa shape index (κ2) is 13.7. The van der Waals surface area contributed by atoms with Crippen molar-refractivity contribution in [3.05, 3.63) is 77.4 Å². The molecule has 3 atom stereocenters. The summed E-state index contributed by atoms with van der Waals surface area (Å²) in [6, 6.07) is 21.1. The molecule has 5 rings (SSSR count). The van der Waals surface area contributed by atoms with Gasteiger partial charge >= 0.3 is 0 Å². The number of aliphatic hydroxyl groups is 1. The number of ether oxygens (including phenoxy) is 5. The number of nitrogens with zero attached hydrogens (tertiary/aromatic N) is 2. The van der Waals surface area contributed by atoms with Crippen LogP contribution in [0.3, 0.4) is 0 Å². The van der Waals surface area contributed by atoms with Gasteiger partial charge in [-0.1, -0.05) is 18.2 Å². The SMILES string of the molecule is COCCCN1CCOc2ccc(COC3CNCC(O)C3c3ccc(Oc4ccc(OC)c(C#N)c4)cc3)cc21. The van der Waals surface area contributed by atoms with Gasteiger partial charge in [-0.2, -0.15) is 5.26 Å². The molecule has 1 fully saturated rings. The van der Waals surface area contributed by atoms with Crippen molar-refractivity contribution < 1.29 is 28.8 Å². The Balaban J connectivity index is 1.25. The largest absolute Gasteiger partial charge is 0.495 e. The lowest BCUT2D eigenvalue weighted by molar-refractivity contribution is -0.0328. The summed E-state index contributed by atoms with van der Waals surface area (Å²) in [6.45, 7) is 4.72. The third-order valence-corrected chi connectivity index (χ3v) is 7.53. The van der Waals surface area contributed by atoms with Crippen molar-refractivity contribution >= 4 is 5.69 Å². The molecule has 2 heterocycles. The highest BCUT2D eigenvalue weighted by molar-refractivity contribution is 5.61. The van der Waals surface area contributed by atoms with Gasteiger partial charge in [0, 0.05) is 45.3 Å². The molecule has 41 heavy (non-hydrogen) atoms. The number of nitriles is 1. The zero-order valence-corrected chi connectivity index (χ0v) is 23.5. The number of anilines is 1. The summed E-state index contributed by atoms with van der Waals surface area (Å²) in [6.07, 6.45) is 0.151. The van der Waals surface area contributed by atoms with Crippen LogP contribution in [0.5, 0.6) is 23.0 Å². The van der Waals surface area contributed by atoms with Gasteiger partial charge in [0.15, 0.2) is 0 Å². The molecule has 2 aliphatic rings.